The number of nitrogens with zero attached hydrogens (tertiary/aromatic N) is 4. The summed E-state index contributed by atoms with van der Waals surface area (Å²) in [6.07, 6.45) is 0.964. The van der Waals surface area contributed by atoms with Crippen LogP contribution in [0, 0.1) is 6.92 Å². The number of hydrogen-bond acceptors (Lipinski definition) is 4. The molecule has 7 nitrogen and oxygen atoms in total. The third-order valence-electron chi connectivity index (χ3n) is 5.66. The Bertz CT molecular complexity index is 1290. The Labute approximate surface area is 186 Å². The van der Waals surface area contributed by atoms with E-state index in [1.165, 1.54) is 14.8 Å². The lowest BCUT2D eigenvalue weighted by Gasteiger charge is -2.13. The minimum Gasteiger partial charge on any atom is -0.354 e. The highest BCUT2D eigenvalue weighted by atomic mass is 16.2. The zero-order valence-electron chi connectivity index (χ0n) is 18.6. The van der Waals surface area contributed by atoms with Gasteiger partial charge in [0.05, 0.1) is 5.69 Å². The predicted octanol–water partition coefficient (Wildman–Crippen LogP) is 3.35. The van der Waals surface area contributed by atoms with Crippen LogP contribution in [0.4, 0.5) is 0 Å². The van der Waals surface area contributed by atoms with Gasteiger partial charge in [-0.3, -0.25) is 9.59 Å². The number of aromatic nitrogens is 4. The Kier molecular flexibility index (Phi) is 6.16. The Hall–Kier alpha value is -3.74. The number of carbonyl (C=O) groups excluding carboxylic acids is 1. The summed E-state index contributed by atoms with van der Waals surface area (Å²) in [4.78, 5) is 25.5. The lowest BCUT2D eigenvalue weighted by atomic mass is 10.0. The molecule has 1 N–H and O–H groups in total. The van der Waals surface area contributed by atoms with E-state index in [9.17, 15) is 9.59 Å². The molecule has 0 saturated heterocycles. The summed E-state index contributed by atoms with van der Waals surface area (Å²) in [6, 6.07) is 19.9. The van der Waals surface area contributed by atoms with Crippen LogP contribution in [0.5, 0.6) is 0 Å². The van der Waals surface area contributed by atoms with E-state index in [1.807, 2.05) is 42.5 Å². The van der Waals surface area contributed by atoms with Crippen LogP contribution < -0.4 is 10.9 Å². The van der Waals surface area contributed by atoms with Crippen molar-refractivity contribution in [2.75, 3.05) is 6.54 Å². The van der Waals surface area contributed by atoms with Crippen molar-refractivity contribution in [1.82, 2.24) is 24.7 Å². The Balaban J connectivity index is 1.52. The quantitative estimate of drug-likeness (QED) is 0.489. The summed E-state index contributed by atoms with van der Waals surface area (Å²) in [7, 11) is 0. The van der Waals surface area contributed by atoms with Crippen LogP contribution in [0.3, 0.4) is 0 Å². The van der Waals surface area contributed by atoms with Gasteiger partial charge in [-0.25, -0.2) is 9.20 Å². The fourth-order valence-electron chi connectivity index (χ4n) is 3.69. The van der Waals surface area contributed by atoms with Crippen LogP contribution in [-0.2, 0) is 17.8 Å². The normalized spacial score (nSPS) is 12.1. The molecule has 0 aliphatic carbocycles. The number of rotatable bonds is 7. The molecule has 7 heteroatoms. The highest BCUT2D eigenvalue weighted by Gasteiger charge is 2.15. The van der Waals surface area contributed by atoms with Gasteiger partial charge in [0, 0.05) is 12.1 Å². The highest BCUT2D eigenvalue weighted by Crippen LogP contribution is 2.20. The summed E-state index contributed by atoms with van der Waals surface area (Å²) >= 11 is 0. The second-order valence-electron chi connectivity index (χ2n) is 8.00. The number of amides is 1. The smallest absolute Gasteiger partial charge is 0.293 e. The number of aryl methyl sites for hydroxylation is 2. The maximum Gasteiger partial charge on any atom is 0.293 e. The first-order valence-corrected chi connectivity index (χ1v) is 10.8. The molecule has 0 fully saturated rings. The summed E-state index contributed by atoms with van der Waals surface area (Å²) in [5, 5.41) is 11.8. The van der Waals surface area contributed by atoms with Crippen LogP contribution in [0.25, 0.3) is 16.8 Å². The molecule has 0 radical (unpaired) electrons. The molecule has 1 amide bonds. The first kappa shape index (κ1) is 21.5. The second-order valence-corrected chi connectivity index (χ2v) is 8.00. The largest absolute Gasteiger partial charge is 0.354 e. The van der Waals surface area contributed by atoms with Gasteiger partial charge in [0.15, 0.2) is 0 Å². The number of nitrogens with one attached hydrogen (secondary N) is 1. The predicted molar refractivity (Wildman–Crippen MR) is 125 cm³/mol. The van der Waals surface area contributed by atoms with Crippen molar-refractivity contribution in [1.29, 1.82) is 0 Å². The van der Waals surface area contributed by atoms with Gasteiger partial charge in [-0.1, -0.05) is 68.4 Å². The number of benzene rings is 2. The minimum atomic E-state index is -0.342. The molecule has 4 aromatic rings. The number of carbonyl (C=O) groups is 1. The van der Waals surface area contributed by atoms with Gasteiger partial charge in [0.2, 0.25) is 5.91 Å². The van der Waals surface area contributed by atoms with Gasteiger partial charge in [-0.15, -0.1) is 0 Å². The van der Waals surface area contributed by atoms with E-state index in [0.29, 0.717) is 23.6 Å². The van der Waals surface area contributed by atoms with Gasteiger partial charge in [0.1, 0.15) is 17.9 Å². The van der Waals surface area contributed by atoms with Crippen molar-refractivity contribution in [3.63, 3.8) is 0 Å². The van der Waals surface area contributed by atoms with Gasteiger partial charge in [-0.05, 0) is 36.5 Å². The van der Waals surface area contributed by atoms with Crippen LogP contribution in [0.1, 0.15) is 36.7 Å². The SMILES string of the molecule is CCc1ccc(-c2cc3c(=O)n(CC(=O)NCC(C)c4ccccc4)nc(C)n3n2)cc1. The summed E-state index contributed by atoms with van der Waals surface area (Å²) < 4.78 is 2.75. The van der Waals surface area contributed by atoms with Crippen molar-refractivity contribution in [2.24, 2.45) is 0 Å². The highest BCUT2D eigenvalue weighted by molar-refractivity contribution is 5.75. The van der Waals surface area contributed by atoms with E-state index in [1.54, 1.807) is 13.0 Å². The van der Waals surface area contributed by atoms with Crippen LogP contribution >= 0.6 is 0 Å². The Morgan fingerprint density at radius 3 is 2.47 bits per heavy atom. The van der Waals surface area contributed by atoms with Crippen molar-refractivity contribution in [3.05, 3.63) is 88.0 Å². The van der Waals surface area contributed by atoms with Crippen molar-refractivity contribution >= 4 is 11.4 Å². The topological polar surface area (TPSA) is 81.3 Å². The van der Waals surface area contributed by atoms with Gasteiger partial charge >= 0.3 is 0 Å². The van der Waals surface area contributed by atoms with Gasteiger partial charge in [-0.2, -0.15) is 10.2 Å². The molecule has 32 heavy (non-hydrogen) atoms. The van der Waals surface area contributed by atoms with Gasteiger partial charge < -0.3 is 5.32 Å². The van der Waals surface area contributed by atoms with Crippen molar-refractivity contribution < 1.29 is 4.79 Å². The van der Waals surface area contributed by atoms with E-state index in [-0.39, 0.29) is 23.9 Å². The second kappa shape index (κ2) is 9.18. The zero-order chi connectivity index (χ0) is 22.7. The average molecular weight is 430 g/mol. The molecular weight excluding hydrogens is 402 g/mol. The molecule has 4 rings (SSSR count). The molecule has 2 heterocycles. The molecule has 0 aliphatic rings. The van der Waals surface area contributed by atoms with Crippen LogP contribution in [0.2, 0.25) is 0 Å². The molecule has 2 aromatic heterocycles. The monoisotopic (exact) mass is 429 g/mol. The van der Waals surface area contributed by atoms with E-state index in [4.69, 9.17) is 0 Å². The average Bonchev–Trinajstić information content (AvgIpc) is 3.28. The van der Waals surface area contributed by atoms with E-state index < -0.39 is 0 Å². The summed E-state index contributed by atoms with van der Waals surface area (Å²) in [5.41, 5.74) is 4.09. The fourth-order valence-corrected chi connectivity index (χ4v) is 3.69. The van der Waals surface area contributed by atoms with E-state index in [0.717, 1.165) is 17.5 Å². The standard InChI is InChI=1S/C25H27N5O2/c1-4-19-10-12-21(13-11-19)22-14-23-25(32)29(27-18(3)30(23)28-22)16-24(31)26-15-17(2)20-8-6-5-7-9-20/h5-14,17H,4,15-16H2,1-3H3,(H,26,31). The molecule has 0 bridgehead atoms. The van der Waals surface area contributed by atoms with Crippen molar-refractivity contribution in [3.8, 4) is 11.3 Å². The van der Waals surface area contributed by atoms with Gasteiger partial charge in [0.25, 0.3) is 5.56 Å². The Morgan fingerprint density at radius 2 is 1.78 bits per heavy atom. The molecule has 0 spiro atoms. The van der Waals surface area contributed by atoms with Crippen LogP contribution in [0.15, 0.2) is 65.5 Å². The lowest BCUT2D eigenvalue weighted by molar-refractivity contribution is -0.121. The molecule has 1 atom stereocenters. The maximum atomic E-state index is 13.0. The third kappa shape index (κ3) is 4.46. The van der Waals surface area contributed by atoms with Crippen LogP contribution in [-0.4, -0.2) is 31.8 Å². The zero-order valence-corrected chi connectivity index (χ0v) is 18.6. The minimum absolute atomic E-state index is 0.136. The molecular formula is C25H27N5O2. The van der Waals surface area contributed by atoms with E-state index >= 15 is 0 Å². The van der Waals surface area contributed by atoms with Crippen molar-refractivity contribution in [2.45, 2.75) is 39.7 Å². The third-order valence-corrected chi connectivity index (χ3v) is 5.66. The molecule has 164 valence electrons. The molecule has 0 aliphatic heterocycles. The maximum absolute atomic E-state index is 13.0. The summed E-state index contributed by atoms with van der Waals surface area (Å²) in [5.74, 6) is 0.466. The Morgan fingerprint density at radius 1 is 1.06 bits per heavy atom. The molecule has 2 aromatic carbocycles. The number of fused-ring (bicyclic) bond motifs is 1. The fraction of sp³-hybridized carbons (Fsp3) is 0.280. The molecule has 0 saturated carbocycles. The first-order valence-electron chi connectivity index (χ1n) is 10.8. The van der Waals surface area contributed by atoms with E-state index in [2.05, 4.69) is 41.5 Å². The molecule has 1 unspecified atom stereocenters. The lowest BCUT2D eigenvalue weighted by Crippen LogP contribution is -2.36. The first-order chi connectivity index (χ1) is 15.5. The summed E-state index contributed by atoms with van der Waals surface area (Å²) in [6.45, 7) is 6.29. The number of hydrogen-bond donors (Lipinski definition) is 1.